The fourth-order valence-electron chi connectivity index (χ4n) is 2.83. The van der Waals surface area contributed by atoms with E-state index in [2.05, 4.69) is 28.6 Å². The molecule has 0 fully saturated rings. The third kappa shape index (κ3) is 5.22. The lowest BCUT2D eigenvalue weighted by Gasteiger charge is -2.16. The molecule has 166 valence electrons. The van der Waals surface area contributed by atoms with Crippen LogP contribution in [0.4, 0.5) is 0 Å². The van der Waals surface area contributed by atoms with Crippen LogP contribution >= 0.6 is 0 Å². The van der Waals surface area contributed by atoms with Crippen LogP contribution in [-0.4, -0.2) is 58.9 Å². The number of aromatic amines is 1. The van der Waals surface area contributed by atoms with Crippen molar-refractivity contribution in [2.75, 3.05) is 26.4 Å². The van der Waals surface area contributed by atoms with Gasteiger partial charge in [0.2, 0.25) is 0 Å². The number of esters is 2. The van der Waals surface area contributed by atoms with E-state index in [-0.39, 0.29) is 37.9 Å². The number of hydrogen-bond acceptors (Lipinski definition) is 9. The number of rotatable bonds is 11. The van der Waals surface area contributed by atoms with Crippen molar-refractivity contribution in [1.82, 2.24) is 15.4 Å². The first-order valence-corrected chi connectivity index (χ1v) is 9.55. The van der Waals surface area contributed by atoms with Crippen molar-refractivity contribution in [1.29, 1.82) is 0 Å². The average molecular weight is 439 g/mol. The molecule has 0 aliphatic heterocycles. The Labute approximate surface area is 183 Å². The molecule has 2 aromatic carbocycles. The van der Waals surface area contributed by atoms with Crippen molar-refractivity contribution in [2.45, 2.75) is 0 Å². The normalized spacial score (nSPS) is 10.4. The molecule has 0 saturated carbocycles. The van der Waals surface area contributed by atoms with Gasteiger partial charge in [0, 0.05) is 17.7 Å². The molecule has 3 aromatic rings. The molecule has 10 heteroatoms. The van der Waals surface area contributed by atoms with Gasteiger partial charge in [-0.1, -0.05) is 25.3 Å². The van der Waals surface area contributed by atoms with Crippen LogP contribution in [0.5, 0.6) is 17.2 Å². The number of nitrogens with zero attached hydrogens (tertiary/aromatic N) is 2. The highest BCUT2D eigenvalue weighted by atomic mass is 16.6. The Bertz CT molecular complexity index is 1140. The van der Waals surface area contributed by atoms with E-state index in [1.807, 2.05) is 0 Å². The number of aromatic nitrogens is 3. The molecule has 0 bridgehead atoms. The monoisotopic (exact) mass is 439 g/mol. The number of benzene rings is 2. The third-order valence-electron chi connectivity index (χ3n) is 4.22. The van der Waals surface area contributed by atoms with Gasteiger partial charge in [-0.2, -0.15) is 15.4 Å². The highest BCUT2D eigenvalue weighted by molar-refractivity contribution is 5.95. The molecule has 1 heterocycles. The minimum Gasteiger partial charge on any atom is -0.504 e. The van der Waals surface area contributed by atoms with Crippen LogP contribution in [0.2, 0.25) is 0 Å². The summed E-state index contributed by atoms with van der Waals surface area (Å²) in [6, 6.07) is 8.40. The zero-order valence-electron chi connectivity index (χ0n) is 17.1. The quantitative estimate of drug-likeness (QED) is 0.263. The molecule has 3 rings (SSSR count). The molecule has 10 nitrogen and oxygen atoms in total. The van der Waals surface area contributed by atoms with Gasteiger partial charge in [-0.15, -0.1) is 0 Å². The summed E-state index contributed by atoms with van der Waals surface area (Å²) in [5, 5.41) is 21.7. The van der Waals surface area contributed by atoms with Gasteiger partial charge in [0.05, 0.1) is 5.56 Å². The van der Waals surface area contributed by atoms with E-state index < -0.39 is 11.9 Å². The number of carbonyl (C=O) groups excluding carboxylic acids is 2. The molecule has 0 saturated heterocycles. The number of phenols is 1. The van der Waals surface area contributed by atoms with Gasteiger partial charge in [0.15, 0.2) is 11.5 Å². The first kappa shape index (κ1) is 22.3. The van der Waals surface area contributed by atoms with Gasteiger partial charge in [-0.25, -0.2) is 9.59 Å². The molecule has 0 unspecified atom stereocenters. The third-order valence-corrected chi connectivity index (χ3v) is 4.22. The van der Waals surface area contributed by atoms with E-state index in [4.69, 9.17) is 18.9 Å². The minimum atomic E-state index is -0.572. The molecule has 0 spiro atoms. The Morgan fingerprint density at radius 3 is 2.19 bits per heavy atom. The summed E-state index contributed by atoms with van der Waals surface area (Å²) >= 11 is 0. The summed E-state index contributed by atoms with van der Waals surface area (Å²) in [7, 11) is 0. The first-order chi connectivity index (χ1) is 15.5. The number of aromatic hydroxyl groups is 1. The molecule has 1 aromatic heterocycles. The molecule has 0 aliphatic rings. The summed E-state index contributed by atoms with van der Waals surface area (Å²) in [6.07, 6.45) is 2.10. The largest absolute Gasteiger partial charge is 0.504 e. The number of fused-ring (bicyclic) bond motifs is 1. The van der Waals surface area contributed by atoms with Gasteiger partial charge >= 0.3 is 11.9 Å². The second-order valence-corrected chi connectivity index (χ2v) is 6.22. The van der Waals surface area contributed by atoms with Crippen LogP contribution in [0.15, 0.2) is 55.6 Å². The zero-order chi connectivity index (χ0) is 22.9. The Morgan fingerprint density at radius 1 is 0.906 bits per heavy atom. The van der Waals surface area contributed by atoms with E-state index >= 15 is 0 Å². The summed E-state index contributed by atoms with van der Waals surface area (Å²) in [5.74, 6) is -0.864. The standard InChI is InChI=1S/C22H21N3O7/c1-3-18(26)31-12-10-29-16-8-9-17(30-11-13-32-19(27)4-2)22(28)20(16)14-6-5-7-15-21(14)24-25-23-15/h3-9,28H,1-2,10-13H2,(H,23,24,25). The fourth-order valence-corrected chi connectivity index (χ4v) is 2.83. The Balaban J connectivity index is 1.87. The Hall–Kier alpha value is -4.34. The number of carbonyl (C=O) groups is 2. The van der Waals surface area contributed by atoms with Gasteiger partial charge in [-0.05, 0) is 18.2 Å². The minimum absolute atomic E-state index is 0.00780. The number of ether oxygens (including phenoxy) is 4. The van der Waals surface area contributed by atoms with E-state index in [9.17, 15) is 14.7 Å². The SMILES string of the molecule is C=CC(=O)OCCOc1ccc(OCCOC(=O)C=C)c(-c2cccc3n[nH]nc23)c1O. The van der Waals surface area contributed by atoms with Crippen molar-refractivity contribution in [3.8, 4) is 28.4 Å². The van der Waals surface area contributed by atoms with Crippen molar-refractivity contribution in [3.05, 3.63) is 55.6 Å². The molecule has 0 aliphatic carbocycles. The molecule has 0 atom stereocenters. The maximum absolute atomic E-state index is 11.2. The fraction of sp³-hybridized carbons (Fsp3) is 0.182. The lowest BCUT2D eigenvalue weighted by Crippen LogP contribution is -2.11. The van der Waals surface area contributed by atoms with Crippen molar-refractivity contribution >= 4 is 23.0 Å². The Morgan fingerprint density at radius 2 is 1.53 bits per heavy atom. The number of phenolic OH excluding ortho intramolecular Hbond substituents is 1. The van der Waals surface area contributed by atoms with Crippen LogP contribution < -0.4 is 9.47 Å². The smallest absolute Gasteiger partial charge is 0.330 e. The van der Waals surface area contributed by atoms with E-state index in [0.29, 0.717) is 27.9 Å². The van der Waals surface area contributed by atoms with Crippen molar-refractivity contribution in [3.63, 3.8) is 0 Å². The molecule has 0 radical (unpaired) electrons. The Kier molecular flexibility index (Phi) is 7.42. The highest BCUT2D eigenvalue weighted by Crippen LogP contribution is 2.45. The van der Waals surface area contributed by atoms with Crippen LogP contribution in [0, 0.1) is 0 Å². The lowest BCUT2D eigenvalue weighted by molar-refractivity contribution is -0.139. The molecule has 0 amide bonds. The van der Waals surface area contributed by atoms with Crippen molar-refractivity contribution < 1.29 is 33.6 Å². The summed E-state index contributed by atoms with van der Waals surface area (Å²) in [5.41, 5.74) is 1.98. The molecular formula is C22H21N3O7. The maximum Gasteiger partial charge on any atom is 0.330 e. The lowest BCUT2D eigenvalue weighted by atomic mass is 10.0. The zero-order valence-corrected chi connectivity index (χ0v) is 17.1. The second-order valence-electron chi connectivity index (χ2n) is 6.22. The van der Waals surface area contributed by atoms with Crippen LogP contribution in [0.1, 0.15) is 0 Å². The second kappa shape index (κ2) is 10.6. The van der Waals surface area contributed by atoms with Crippen molar-refractivity contribution in [2.24, 2.45) is 0 Å². The highest BCUT2D eigenvalue weighted by Gasteiger charge is 2.20. The topological polar surface area (TPSA) is 133 Å². The van der Waals surface area contributed by atoms with Gasteiger partial charge in [0.1, 0.15) is 43.2 Å². The van der Waals surface area contributed by atoms with Crippen LogP contribution in [0.25, 0.3) is 22.2 Å². The van der Waals surface area contributed by atoms with E-state index in [0.717, 1.165) is 12.2 Å². The number of nitrogens with one attached hydrogen (secondary N) is 1. The maximum atomic E-state index is 11.2. The van der Waals surface area contributed by atoms with E-state index in [1.54, 1.807) is 24.3 Å². The van der Waals surface area contributed by atoms with Crippen LogP contribution in [-0.2, 0) is 19.1 Å². The summed E-state index contributed by atoms with van der Waals surface area (Å²) < 4.78 is 21.1. The van der Waals surface area contributed by atoms with Crippen LogP contribution in [0.3, 0.4) is 0 Å². The molecule has 32 heavy (non-hydrogen) atoms. The summed E-state index contributed by atoms with van der Waals surface area (Å²) in [6.45, 7) is 6.67. The predicted octanol–water partition coefficient (Wildman–Crippen LogP) is 2.55. The summed E-state index contributed by atoms with van der Waals surface area (Å²) in [4.78, 5) is 22.4. The average Bonchev–Trinajstić information content (AvgIpc) is 3.29. The van der Waals surface area contributed by atoms with Gasteiger partial charge in [0.25, 0.3) is 0 Å². The molecular weight excluding hydrogens is 418 g/mol. The predicted molar refractivity (Wildman–Crippen MR) is 114 cm³/mol. The number of H-pyrrole nitrogens is 1. The molecule has 2 N–H and O–H groups in total. The van der Waals surface area contributed by atoms with Gasteiger partial charge in [-0.3, -0.25) is 0 Å². The number of hydrogen-bond donors (Lipinski definition) is 2. The van der Waals surface area contributed by atoms with Gasteiger partial charge < -0.3 is 24.1 Å². The number of para-hydroxylation sites is 1. The van der Waals surface area contributed by atoms with E-state index in [1.165, 1.54) is 6.07 Å². The first-order valence-electron chi connectivity index (χ1n) is 9.55.